The predicted molar refractivity (Wildman–Crippen MR) is 98.4 cm³/mol. The number of rotatable bonds is 8. The fourth-order valence-electron chi connectivity index (χ4n) is 2.28. The quantitative estimate of drug-likeness (QED) is 0.758. The third-order valence-electron chi connectivity index (χ3n) is 3.61. The molecule has 1 heterocycles. The van der Waals surface area contributed by atoms with E-state index >= 15 is 0 Å². The largest absolute Gasteiger partial charge is 0.296 e. The summed E-state index contributed by atoms with van der Waals surface area (Å²) in [5, 5.41) is 11.9. The molecule has 1 N–H and O–H groups in total. The SMILES string of the molecule is CCCc1nnc(NC(=O)c2ccc(S(=O)(=O)N(CC)CC)cc2)s1. The van der Waals surface area contributed by atoms with Crippen molar-refractivity contribution in [3.05, 3.63) is 34.8 Å². The Kier molecular flexibility index (Phi) is 6.63. The lowest BCUT2D eigenvalue weighted by Crippen LogP contribution is -2.30. The van der Waals surface area contributed by atoms with Gasteiger partial charge in [-0.2, -0.15) is 4.31 Å². The number of hydrogen-bond acceptors (Lipinski definition) is 6. The Bertz CT molecular complexity index is 812. The van der Waals surface area contributed by atoms with Crippen molar-refractivity contribution >= 4 is 32.4 Å². The third-order valence-corrected chi connectivity index (χ3v) is 6.57. The highest BCUT2D eigenvalue weighted by molar-refractivity contribution is 7.89. The predicted octanol–water partition coefficient (Wildman–Crippen LogP) is 2.77. The molecule has 0 saturated heterocycles. The van der Waals surface area contributed by atoms with Crippen LogP contribution < -0.4 is 5.32 Å². The molecule has 0 saturated carbocycles. The van der Waals surface area contributed by atoms with E-state index in [1.807, 2.05) is 6.92 Å². The molecular weight excluding hydrogens is 360 g/mol. The number of hydrogen-bond donors (Lipinski definition) is 1. The first-order chi connectivity index (χ1) is 11.9. The molecule has 0 bridgehead atoms. The molecule has 0 unspecified atom stereocenters. The number of amides is 1. The van der Waals surface area contributed by atoms with Gasteiger partial charge in [-0.3, -0.25) is 10.1 Å². The van der Waals surface area contributed by atoms with Crippen LogP contribution in [0.15, 0.2) is 29.2 Å². The Morgan fingerprint density at radius 2 is 1.76 bits per heavy atom. The van der Waals surface area contributed by atoms with Crippen LogP contribution in [0.25, 0.3) is 0 Å². The fourth-order valence-corrected chi connectivity index (χ4v) is 4.57. The van der Waals surface area contributed by atoms with E-state index in [4.69, 9.17) is 0 Å². The molecule has 0 aliphatic heterocycles. The van der Waals surface area contributed by atoms with Crippen molar-refractivity contribution in [3.8, 4) is 0 Å². The number of nitrogens with one attached hydrogen (secondary N) is 1. The van der Waals surface area contributed by atoms with Gasteiger partial charge >= 0.3 is 0 Å². The second-order valence-electron chi connectivity index (χ2n) is 5.32. The van der Waals surface area contributed by atoms with Gasteiger partial charge in [0.05, 0.1) is 4.90 Å². The summed E-state index contributed by atoms with van der Waals surface area (Å²) in [5.74, 6) is -0.342. The topological polar surface area (TPSA) is 92.3 Å². The molecule has 1 amide bonds. The Balaban J connectivity index is 2.12. The first-order valence-corrected chi connectivity index (χ1v) is 10.4. The van der Waals surface area contributed by atoms with E-state index in [2.05, 4.69) is 15.5 Å². The lowest BCUT2D eigenvalue weighted by atomic mass is 10.2. The van der Waals surface area contributed by atoms with Crippen molar-refractivity contribution in [1.29, 1.82) is 0 Å². The average molecular weight is 383 g/mol. The maximum absolute atomic E-state index is 12.4. The van der Waals surface area contributed by atoms with Gasteiger partial charge in [-0.25, -0.2) is 8.42 Å². The van der Waals surface area contributed by atoms with Crippen LogP contribution in [0.4, 0.5) is 5.13 Å². The van der Waals surface area contributed by atoms with Crippen molar-refractivity contribution < 1.29 is 13.2 Å². The molecule has 136 valence electrons. The monoisotopic (exact) mass is 382 g/mol. The fraction of sp³-hybridized carbons (Fsp3) is 0.438. The number of aryl methyl sites for hydroxylation is 1. The number of aromatic nitrogens is 2. The molecule has 2 rings (SSSR count). The van der Waals surface area contributed by atoms with E-state index in [0.717, 1.165) is 17.8 Å². The molecule has 7 nitrogen and oxygen atoms in total. The zero-order valence-electron chi connectivity index (χ0n) is 14.5. The highest BCUT2D eigenvalue weighted by atomic mass is 32.2. The van der Waals surface area contributed by atoms with Crippen molar-refractivity contribution in [2.75, 3.05) is 18.4 Å². The van der Waals surface area contributed by atoms with Gasteiger partial charge in [-0.05, 0) is 30.7 Å². The third kappa shape index (κ3) is 4.62. The van der Waals surface area contributed by atoms with Crippen molar-refractivity contribution in [1.82, 2.24) is 14.5 Å². The summed E-state index contributed by atoms with van der Waals surface area (Å²) >= 11 is 1.34. The smallest absolute Gasteiger partial charge is 0.257 e. The molecule has 9 heteroatoms. The first kappa shape index (κ1) is 19.5. The van der Waals surface area contributed by atoms with Gasteiger partial charge < -0.3 is 0 Å². The molecular formula is C16H22N4O3S2. The average Bonchev–Trinajstić information content (AvgIpc) is 3.03. The summed E-state index contributed by atoms with van der Waals surface area (Å²) in [4.78, 5) is 12.4. The maximum Gasteiger partial charge on any atom is 0.257 e. The molecule has 0 spiro atoms. The Hall–Kier alpha value is -1.84. The second-order valence-corrected chi connectivity index (χ2v) is 8.32. The molecule has 0 radical (unpaired) electrons. The van der Waals surface area contributed by atoms with Crippen LogP contribution in [0, 0.1) is 0 Å². The molecule has 1 aromatic heterocycles. The van der Waals surface area contributed by atoms with Crippen LogP contribution in [0.3, 0.4) is 0 Å². The van der Waals surface area contributed by atoms with Gasteiger partial charge in [0, 0.05) is 25.1 Å². The standard InChI is InChI=1S/C16H22N4O3S2/c1-4-7-14-18-19-16(24-14)17-15(21)12-8-10-13(11-9-12)25(22,23)20(5-2)6-3/h8-11H,4-7H2,1-3H3,(H,17,19,21). The van der Waals surface area contributed by atoms with Gasteiger partial charge in [0.1, 0.15) is 5.01 Å². The number of benzene rings is 1. The molecule has 0 aliphatic carbocycles. The van der Waals surface area contributed by atoms with Crippen LogP contribution in [-0.4, -0.2) is 41.9 Å². The van der Waals surface area contributed by atoms with Crippen LogP contribution in [0.1, 0.15) is 42.6 Å². The summed E-state index contributed by atoms with van der Waals surface area (Å²) in [7, 11) is -3.52. The Morgan fingerprint density at radius 3 is 2.32 bits per heavy atom. The normalized spacial score (nSPS) is 11.7. The number of nitrogens with zero attached hydrogens (tertiary/aromatic N) is 3. The lowest BCUT2D eigenvalue weighted by molar-refractivity contribution is 0.102. The van der Waals surface area contributed by atoms with Crippen LogP contribution in [-0.2, 0) is 16.4 Å². The van der Waals surface area contributed by atoms with E-state index in [9.17, 15) is 13.2 Å². The molecule has 25 heavy (non-hydrogen) atoms. The zero-order chi connectivity index (χ0) is 18.4. The minimum Gasteiger partial charge on any atom is -0.296 e. The van der Waals surface area contributed by atoms with Gasteiger partial charge in [0.25, 0.3) is 5.91 Å². The van der Waals surface area contributed by atoms with Gasteiger partial charge in [-0.15, -0.1) is 10.2 Å². The van der Waals surface area contributed by atoms with E-state index in [-0.39, 0.29) is 10.8 Å². The number of sulfonamides is 1. The summed E-state index contributed by atoms with van der Waals surface area (Å²) in [5.41, 5.74) is 0.366. The van der Waals surface area contributed by atoms with E-state index in [1.54, 1.807) is 13.8 Å². The second kappa shape index (κ2) is 8.50. The summed E-state index contributed by atoms with van der Waals surface area (Å²) in [6.07, 6.45) is 1.79. The van der Waals surface area contributed by atoms with E-state index in [0.29, 0.717) is 23.8 Å². The lowest BCUT2D eigenvalue weighted by Gasteiger charge is -2.18. The molecule has 0 atom stereocenters. The number of carbonyl (C=O) groups excluding carboxylic acids is 1. The number of carbonyl (C=O) groups is 1. The van der Waals surface area contributed by atoms with Gasteiger partial charge in [0.2, 0.25) is 15.2 Å². The van der Waals surface area contributed by atoms with Crippen LogP contribution in [0.5, 0.6) is 0 Å². The minimum absolute atomic E-state index is 0.175. The minimum atomic E-state index is -3.52. The molecule has 2 aromatic rings. The van der Waals surface area contributed by atoms with Crippen LogP contribution in [0.2, 0.25) is 0 Å². The summed E-state index contributed by atoms with van der Waals surface area (Å²) < 4.78 is 26.3. The highest BCUT2D eigenvalue weighted by Gasteiger charge is 2.21. The zero-order valence-corrected chi connectivity index (χ0v) is 16.2. The first-order valence-electron chi connectivity index (χ1n) is 8.16. The van der Waals surface area contributed by atoms with Gasteiger partial charge in [0.15, 0.2) is 0 Å². The van der Waals surface area contributed by atoms with Crippen molar-refractivity contribution in [3.63, 3.8) is 0 Å². The number of anilines is 1. The molecule has 1 aromatic carbocycles. The van der Waals surface area contributed by atoms with Crippen LogP contribution >= 0.6 is 11.3 Å². The molecule has 0 fully saturated rings. The Morgan fingerprint density at radius 1 is 1.12 bits per heavy atom. The van der Waals surface area contributed by atoms with Gasteiger partial charge in [-0.1, -0.05) is 32.1 Å². The highest BCUT2D eigenvalue weighted by Crippen LogP contribution is 2.19. The molecule has 0 aliphatic rings. The van der Waals surface area contributed by atoms with Crippen molar-refractivity contribution in [2.24, 2.45) is 0 Å². The van der Waals surface area contributed by atoms with E-state index < -0.39 is 10.0 Å². The Labute approximate surface area is 152 Å². The summed E-state index contributed by atoms with van der Waals surface area (Å²) in [6, 6.07) is 5.90. The van der Waals surface area contributed by atoms with E-state index in [1.165, 1.54) is 39.9 Å². The van der Waals surface area contributed by atoms with Crippen molar-refractivity contribution in [2.45, 2.75) is 38.5 Å². The maximum atomic E-state index is 12.4. The summed E-state index contributed by atoms with van der Waals surface area (Å²) in [6.45, 7) is 6.43.